The minimum atomic E-state index is -4.45. The first-order chi connectivity index (χ1) is 8.12. The lowest BCUT2D eigenvalue weighted by molar-refractivity contribution is -0.137. The van der Waals surface area contributed by atoms with E-state index < -0.39 is 16.6 Å². The van der Waals surface area contributed by atoms with Crippen LogP contribution < -0.4 is 0 Å². The van der Waals surface area contributed by atoms with Crippen molar-refractivity contribution in [3.8, 4) is 0 Å². The molecule has 2 atom stereocenters. The molecule has 0 saturated carbocycles. The van der Waals surface area contributed by atoms with E-state index >= 15 is 0 Å². The predicted molar refractivity (Wildman–Crippen MR) is 68.3 cm³/mol. The molecule has 1 nitrogen and oxygen atoms in total. The van der Waals surface area contributed by atoms with Crippen LogP contribution in [0.15, 0.2) is 18.2 Å². The summed E-state index contributed by atoms with van der Waals surface area (Å²) in [6.45, 7) is 3.05. The van der Waals surface area contributed by atoms with E-state index in [0.29, 0.717) is 5.56 Å². The van der Waals surface area contributed by atoms with Gasteiger partial charge in [-0.1, -0.05) is 34.5 Å². The monoisotopic (exact) mass is 342 g/mol. The molecule has 0 heterocycles. The fourth-order valence-electron chi connectivity index (χ4n) is 1.56. The summed E-state index contributed by atoms with van der Waals surface area (Å²) in [7, 11) is 0. The molecule has 0 aliphatic carbocycles. The van der Waals surface area contributed by atoms with Gasteiger partial charge >= 0.3 is 6.18 Å². The highest BCUT2D eigenvalue weighted by Crippen LogP contribution is 2.35. The van der Waals surface area contributed by atoms with Crippen molar-refractivity contribution in [2.45, 2.75) is 30.8 Å². The van der Waals surface area contributed by atoms with Crippen molar-refractivity contribution in [2.24, 2.45) is 0 Å². The molecule has 6 heteroatoms. The van der Waals surface area contributed by atoms with E-state index in [1.165, 1.54) is 13.0 Å². The van der Waals surface area contributed by atoms with Crippen molar-refractivity contribution >= 4 is 33.3 Å². The van der Waals surface area contributed by atoms with Gasteiger partial charge in [-0.05, 0) is 30.7 Å². The van der Waals surface area contributed by atoms with Crippen LogP contribution in [0, 0.1) is 0 Å². The first kappa shape index (κ1) is 15.5. The summed E-state index contributed by atoms with van der Waals surface area (Å²) in [6, 6.07) is 3.33. The van der Waals surface area contributed by atoms with E-state index in [0.717, 1.165) is 12.1 Å². The van der Waals surface area contributed by atoms with Crippen LogP contribution in [0.5, 0.6) is 0 Å². The Labute approximate surface area is 116 Å². The molecular formula is C12H11BrClF3O. The minimum absolute atomic E-state index is 0.00919. The van der Waals surface area contributed by atoms with E-state index in [4.69, 9.17) is 11.6 Å². The average Bonchev–Trinajstić information content (AvgIpc) is 2.24. The number of alkyl halides is 4. The summed E-state index contributed by atoms with van der Waals surface area (Å²) < 4.78 is 37.9. The number of hydrogen-bond acceptors (Lipinski definition) is 1. The van der Waals surface area contributed by atoms with Gasteiger partial charge in [0.05, 0.1) is 10.4 Å². The van der Waals surface area contributed by atoms with Crippen LogP contribution in [0.25, 0.3) is 0 Å². The maximum Gasteiger partial charge on any atom is 0.416 e. The predicted octanol–water partition coefficient (Wildman–Crippen LogP) is 4.81. The van der Waals surface area contributed by atoms with Gasteiger partial charge in [-0.25, -0.2) is 0 Å². The third-order valence-corrected chi connectivity index (χ3v) is 4.26. The Morgan fingerprint density at radius 1 is 1.33 bits per heavy atom. The van der Waals surface area contributed by atoms with Crippen molar-refractivity contribution in [3.63, 3.8) is 0 Å². The van der Waals surface area contributed by atoms with Gasteiger partial charge in [-0.2, -0.15) is 13.2 Å². The molecule has 18 heavy (non-hydrogen) atoms. The van der Waals surface area contributed by atoms with Crippen LogP contribution in [0.4, 0.5) is 13.2 Å². The maximum absolute atomic E-state index is 12.6. The van der Waals surface area contributed by atoms with E-state index in [1.807, 2.05) is 0 Å². The van der Waals surface area contributed by atoms with E-state index in [-0.39, 0.29) is 16.7 Å². The molecule has 1 aromatic rings. The van der Waals surface area contributed by atoms with Crippen molar-refractivity contribution in [1.29, 1.82) is 0 Å². The van der Waals surface area contributed by atoms with Crippen LogP contribution >= 0.6 is 27.5 Å². The average molecular weight is 344 g/mol. The molecular weight excluding hydrogens is 332 g/mol. The van der Waals surface area contributed by atoms with Crippen LogP contribution in [-0.4, -0.2) is 10.6 Å². The molecule has 0 radical (unpaired) electrons. The topological polar surface area (TPSA) is 17.1 Å². The number of carbonyl (C=O) groups is 1. The smallest absolute Gasteiger partial charge is 0.299 e. The van der Waals surface area contributed by atoms with Crippen molar-refractivity contribution in [1.82, 2.24) is 0 Å². The lowest BCUT2D eigenvalue weighted by Crippen LogP contribution is -2.18. The zero-order valence-electron chi connectivity index (χ0n) is 9.68. The molecule has 0 fully saturated rings. The third-order valence-electron chi connectivity index (χ3n) is 2.60. The standard InChI is InChI=1S/C12H11BrClF3O/c1-6(11(13)7(2)18)8-3-9(12(15,16)17)5-10(14)4-8/h3-6,11H,1-2H3. The van der Waals surface area contributed by atoms with Crippen LogP contribution in [0.1, 0.15) is 30.9 Å². The Morgan fingerprint density at radius 2 is 1.89 bits per heavy atom. The zero-order chi connectivity index (χ0) is 14.1. The number of rotatable bonds is 3. The van der Waals surface area contributed by atoms with Gasteiger partial charge < -0.3 is 0 Å². The van der Waals surface area contributed by atoms with E-state index in [9.17, 15) is 18.0 Å². The maximum atomic E-state index is 12.6. The highest BCUT2D eigenvalue weighted by atomic mass is 79.9. The van der Waals surface area contributed by atoms with Crippen molar-refractivity contribution in [2.75, 3.05) is 0 Å². The summed E-state index contributed by atoms with van der Waals surface area (Å²) in [5.41, 5.74) is -0.424. The number of carbonyl (C=O) groups excluding carboxylic acids is 1. The van der Waals surface area contributed by atoms with E-state index in [2.05, 4.69) is 15.9 Å². The summed E-state index contributed by atoms with van der Waals surface area (Å²) >= 11 is 8.85. The molecule has 0 aromatic heterocycles. The van der Waals surface area contributed by atoms with Gasteiger partial charge in [-0.3, -0.25) is 4.79 Å². The fourth-order valence-corrected chi connectivity index (χ4v) is 2.11. The molecule has 0 spiro atoms. The lowest BCUT2D eigenvalue weighted by Gasteiger charge is -2.18. The Hall–Kier alpha value is -0.550. The molecule has 0 bridgehead atoms. The first-order valence-corrected chi connectivity index (χ1v) is 6.44. The van der Waals surface area contributed by atoms with Gasteiger partial charge in [0.25, 0.3) is 0 Å². The molecule has 1 rings (SSSR count). The number of Topliss-reactive ketones (excluding diaryl/α,β-unsaturated/α-hetero) is 1. The second kappa shape index (κ2) is 5.61. The summed E-state index contributed by atoms with van der Waals surface area (Å²) in [4.78, 5) is 10.7. The van der Waals surface area contributed by atoms with Gasteiger partial charge in [0.1, 0.15) is 5.78 Å². The molecule has 1 aromatic carbocycles. The fraction of sp³-hybridized carbons (Fsp3) is 0.417. The van der Waals surface area contributed by atoms with Crippen LogP contribution in [0.2, 0.25) is 5.02 Å². The highest BCUT2D eigenvalue weighted by molar-refractivity contribution is 9.10. The molecule has 0 aliphatic rings. The quantitative estimate of drug-likeness (QED) is 0.720. The number of halogens is 5. The van der Waals surface area contributed by atoms with Gasteiger partial charge in [0.2, 0.25) is 0 Å². The number of benzene rings is 1. The normalized spacial score (nSPS) is 15.3. The largest absolute Gasteiger partial charge is 0.416 e. The molecule has 0 amide bonds. The number of ketones is 1. The first-order valence-electron chi connectivity index (χ1n) is 5.15. The molecule has 0 aliphatic heterocycles. The molecule has 2 unspecified atom stereocenters. The minimum Gasteiger partial charge on any atom is -0.299 e. The van der Waals surface area contributed by atoms with Crippen molar-refractivity contribution < 1.29 is 18.0 Å². The molecule has 100 valence electrons. The number of hydrogen-bond donors (Lipinski definition) is 0. The summed E-state index contributed by atoms with van der Waals surface area (Å²) in [6.07, 6.45) is -4.45. The summed E-state index contributed by atoms with van der Waals surface area (Å²) in [5.74, 6) is -0.529. The van der Waals surface area contributed by atoms with Gasteiger partial charge in [0.15, 0.2) is 0 Å². The Kier molecular flexibility index (Phi) is 4.84. The molecule has 0 saturated heterocycles. The highest BCUT2D eigenvalue weighted by Gasteiger charge is 2.32. The zero-order valence-corrected chi connectivity index (χ0v) is 12.0. The molecule has 0 N–H and O–H groups in total. The second-order valence-corrected chi connectivity index (χ2v) is 5.50. The Bertz CT molecular complexity index is 459. The van der Waals surface area contributed by atoms with Crippen LogP contribution in [0.3, 0.4) is 0 Å². The van der Waals surface area contributed by atoms with Gasteiger partial charge in [0, 0.05) is 10.9 Å². The Balaban J connectivity index is 3.18. The summed E-state index contributed by atoms with van der Waals surface area (Å²) in [5, 5.41) is 0.00919. The van der Waals surface area contributed by atoms with Crippen LogP contribution in [-0.2, 0) is 11.0 Å². The lowest BCUT2D eigenvalue weighted by atomic mass is 9.94. The third kappa shape index (κ3) is 3.72. The van der Waals surface area contributed by atoms with Gasteiger partial charge in [-0.15, -0.1) is 0 Å². The Morgan fingerprint density at radius 3 is 2.33 bits per heavy atom. The van der Waals surface area contributed by atoms with E-state index in [1.54, 1.807) is 6.92 Å². The second-order valence-electron chi connectivity index (χ2n) is 4.07. The SMILES string of the molecule is CC(=O)C(Br)C(C)c1cc(Cl)cc(C(F)(F)F)c1. The van der Waals surface area contributed by atoms with Crippen molar-refractivity contribution in [3.05, 3.63) is 34.3 Å².